The lowest BCUT2D eigenvalue weighted by atomic mass is 10.1. The maximum absolute atomic E-state index is 11.9. The first kappa shape index (κ1) is 17.2. The molecule has 0 spiro atoms. The van der Waals surface area contributed by atoms with Crippen LogP contribution in [0.2, 0.25) is 0 Å². The van der Waals surface area contributed by atoms with Gasteiger partial charge in [-0.1, -0.05) is 31.2 Å². The lowest BCUT2D eigenvalue weighted by molar-refractivity contribution is -0.124. The van der Waals surface area contributed by atoms with Crippen molar-refractivity contribution in [1.82, 2.24) is 5.32 Å². The number of esters is 1. The van der Waals surface area contributed by atoms with Crippen LogP contribution in [0.15, 0.2) is 35.7 Å². The molecular formula is C18H21NO3S. The lowest BCUT2D eigenvalue weighted by Crippen LogP contribution is -2.31. The van der Waals surface area contributed by atoms with Crippen molar-refractivity contribution < 1.29 is 14.3 Å². The van der Waals surface area contributed by atoms with Gasteiger partial charge in [0.1, 0.15) is 4.88 Å². The third-order valence-electron chi connectivity index (χ3n) is 3.65. The van der Waals surface area contributed by atoms with E-state index in [0.29, 0.717) is 4.88 Å². The number of amides is 1. The van der Waals surface area contributed by atoms with Crippen molar-refractivity contribution in [3.8, 4) is 0 Å². The highest BCUT2D eigenvalue weighted by molar-refractivity contribution is 7.12. The Morgan fingerprint density at radius 1 is 1.22 bits per heavy atom. The number of hydrogen-bond acceptors (Lipinski definition) is 4. The second-order valence-corrected chi connectivity index (χ2v) is 6.31. The Morgan fingerprint density at radius 3 is 2.48 bits per heavy atom. The Hall–Kier alpha value is -2.14. The number of rotatable bonds is 6. The minimum Gasteiger partial charge on any atom is -0.451 e. The Labute approximate surface area is 140 Å². The summed E-state index contributed by atoms with van der Waals surface area (Å²) in [5.74, 6) is -0.757. The Bertz CT molecular complexity index is 676. The summed E-state index contributed by atoms with van der Waals surface area (Å²) in [6.45, 7) is 5.58. The number of carbonyl (C=O) groups excluding carboxylic acids is 2. The first-order chi connectivity index (χ1) is 11.0. The highest BCUT2D eigenvalue weighted by Crippen LogP contribution is 2.17. The molecule has 1 amide bonds. The van der Waals surface area contributed by atoms with Gasteiger partial charge in [0.05, 0.1) is 6.04 Å². The first-order valence-electron chi connectivity index (χ1n) is 7.60. The van der Waals surface area contributed by atoms with E-state index in [1.165, 1.54) is 16.9 Å². The number of nitrogens with one attached hydrogen (secondary N) is 1. The molecule has 23 heavy (non-hydrogen) atoms. The highest BCUT2D eigenvalue weighted by Gasteiger charge is 2.15. The zero-order valence-corrected chi connectivity index (χ0v) is 14.4. The molecule has 0 saturated carbocycles. The van der Waals surface area contributed by atoms with Gasteiger partial charge in [-0.25, -0.2) is 4.79 Å². The zero-order chi connectivity index (χ0) is 16.8. The summed E-state index contributed by atoms with van der Waals surface area (Å²) >= 11 is 1.32. The van der Waals surface area contributed by atoms with Gasteiger partial charge in [-0.3, -0.25) is 4.79 Å². The van der Waals surface area contributed by atoms with Crippen LogP contribution in [0.1, 0.15) is 46.3 Å². The van der Waals surface area contributed by atoms with E-state index in [4.69, 9.17) is 4.74 Å². The zero-order valence-electron chi connectivity index (χ0n) is 13.6. The molecule has 122 valence electrons. The summed E-state index contributed by atoms with van der Waals surface area (Å²) < 4.78 is 5.06. The van der Waals surface area contributed by atoms with E-state index < -0.39 is 5.97 Å². The molecular weight excluding hydrogens is 310 g/mol. The highest BCUT2D eigenvalue weighted by atomic mass is 32.1. The molecule has 1 aromatic heterocycles. The lowest BCUT2D eigenvalue weighted by Gasteiger charge is -2.14. The standard InChI is InChI=1S/C18H21NO3S/c1-4-14-5-7-15(8-6-14)13(3)19-16(20)11-22-18(21)17-12(2)9-10-23-17/h5-10,13H,4,11H2,1-3H3,(H,19,20). The van der Waals surface area contributed by atoms with Crippen molar-refractivity contribution in [2.24, 2.45) is 0 Å². The van der Waals surface area contributed by atoms with Crippen LogP contribution in [0.3, 0.4) is 0 Å². The van der Waals surface area contributed by atoms with Gasteiger partial charge in [0.15, 0.2) is 6.61 Å². The SMILES string of the molecule is CCc1ccc(C(C)NC(=O)COC(=O)c2sccc2C)cc1. The van der Waals surface area contributed by atoms with Crippen LogP contribution in [0, 0.1) is 6.92 Å². The van der Waals surface area contributed by atoms with Crippen LogP contribution in [-0.4, -0.2) is 18.5 Å². The molecule has 5 heteroatoms. The van der Waals surface area contributed by atoms with Gasteiger partial charge in [0.2, 0.25) is 0 Å². The fourth-order valence-electron chi connectivity index (χ4n) is 2.19. The molecule has 0 aliphatic rings. The van der Waals surface area contributed by atoms with E-state index in [9.17, 15) is 9.59 Å². The fraction of sp³-hybridized carbons (Fsp3) is 0.333. The van der Waals surface area contributed by atoms with E-state index >= 15 is 0 Å². The first-order valence-corrected chi connectivity index (χ1v) is 8.48. The number of ether oxygens (including phenoxy) is 1. The van der Waals surface area contributed by atoms with Gasteiger partial charge < -0.3 is 10.1 Å². The quantitative estimate of drug-likeness (QED) is 0.822. The molecule has 0 fully saturated rings. The van der Waals surface area contributed by atoms with Gasteiger partial charge in [0, 0.05) is 0 Å². The summed E-state index contributed by atoms with van der Waals surface area (Å²) in [4.78, 5) is 24.3. The summed E-state index contributed by atoms with van der Waals surface area (Å²) in [6.07, 6.45) is 0.985. The summed E-state index contributed by atoms with van der Waals surface area (Å²) in [5.41, 5.74) is 3.15. The van der Waals surface area contributed by atoms with Crippen LogP contribution in [0.5, 0.6) is 0 Å². The topological polar surface area (TPSA) is 55.4 Å². The molecule has 0 aliphatic heterocycles. The van der Waals surface area contributed by atoms with Crippen molar-refractivity contribution >= 4 is 23.2 Å². The van der Waals surface area contributed by atoms with E-state index in [1.54, 1.807) is 0 Å². The normalized spacial score (nSPS) is 11.8. The Kier molecular flexibility index (Phi) is 5.93. The number of benzene rings is 1. The second-order valence-electron chi connectivity index (χ2n) is 5.39. The average molecular weight is 331 g/mol. The largest absolute Gasteiger partial charge is 0.451 e. The molecule has 1 atom stereocenters. The fourth-order valence-corrected chi connectivity index (χ4v) is 3.00. The molecule has 0 radical (unpaired) electrons. The van der Waals surface area contributed by atoms with Crippen LogP contribution in [-0.2, 0) is 16.0 Å². The van der Waals surface area contributed by atoms with Gasteiger partial charge >= 0.3 is 5.97 Å². The third kappa shape index (κ3) is 4.66. The maximum Gasteiger partial charge on any atom is 0.349 e. The number of carbonyl (C=O) groups is 2. The van der Waals surface area contributed by atoms with Crippen LogP contribution in [0.4, 0.5) is 0 Å². The molecule has 0 bridgehead atoms. The summed E-state index contributed by atoms with van der Waals surface area (Å²) in [6, 6.07) is 9.84. The van der Waals surface area contributed by atoms with Gasteiger partial charge in [-0.05, 0) is 48.4 Å². The molecule has 2 rings (SSSR count). The number of aryl methyl sites for hydroxylation is 2. The molecule has 2 aromatic rings. The average Bonchev–Trinajstić information content (AvgIpc) is 2.98. The minimum atomic E-state index is -0.451. The van der Waals surface area contributed by atoms with E-state index in [0.717, 1.165) is 17.5 Å². The number of thiophene rings is 1. The molecule has 1 aromatic carbocycles. The molecule has 0 aliphatic carbocycles. The van der Waals surface area contributed by atoms with Crippen LogP contribution >= 0.6 is 11.3 Å². The second kappa shape index (κ2) is 7.92. The molecule has 4 nitrogen and oxygen atoms in total. The molecule has 1 N–H and O–H groups in total. The predicted molar refractivity (Wildman–Crippen MR) is 91.7 cm³/mol. The monoisotopic (exact) mass is 331 g/mol. The smallest absolute Gasteiger partial charge is 0.349 e. The van der Waals surface area contributed by atoms with Crippen molar-refractivity contribution in [2.75, 3.05) is 6.61 Å². The van der Waals surface area contributed by atoms with E-state index in [1.807, 2.05) is 37.4 Å². The Balaban J connectivity index is 1.84. The van der Waals surface area contributed by atoms with Gasteiger partial charge in [-0.2, -0.15) is 0 Å². The van der Waals surface area contributed by atoms with Gasteiger partial charge in [-0.15, -0.1) is 11.3 Å². The van der Waals surface area contributed by atoms with E-state index in [2.05, 4.69) is 24.4 Å². The summed E-state index contributed by atoms with van der Waals surface area (Å²) in [7, 11) is 0. The number of hydrogen-bond donors (Lipinski definition) is 1. The van der Waals surface area contributed by atoms with Crippen molar-refractivity contribution in [1.29, 1.82) is 0 Å². The van der Waals surface area contributed by atoms with Crippen LogP contribution in [0.25, 0.3) is 0 Å². The third-order valence-corrected chi connectivity index (χ3v) is 4.64. The van der Waals surface area contributed by atoms with Crippen molar-refractivity contribution in [3.05, 3.63) is 57.3 Å². The predicted octanol–water partition coefficient (Wildman–Crippen LogP) is 3.65. The summed E-state index contributed by atoms with van der Waals surface area (Å²) in [5, 5.41) is 4.66. The maximum atomic E-state index is 11.9. The van der Waals surface area contributed by atoms with E-state index in [-0.39, 0.29) is 18.6 Å². The van der Waals surface area contributed by atoms with Crippen LogP contribution < -0.4 is 5.32 Å². The minimum absolute atomic E-state index is 0.129. The van der Waals surface area contributed by atoms with Gasteiger partial charge in [0.25, 0.3) is 5.91 Å². The Morgan fingerprint density at radius 2 is 1.91 bits per heavy atom. The molecule has 0 saturated heterocycles. The molecule has 1 heterocycles. The molecule has 1 unspecified atom stereocenters. The van der Waals surface area contributed by atoms with Crippen molar-refractivity contribution in [3.63, 3.8) is 0 Å². The van der Waals surface area contributed by atoms with Crippen molar-refractivity contribution in [2.45, 2.75) is 33.2 Å².